The highest BCUT2D eigenvalue weighted by molar-refractivity contribution is 5.89. The van der Waals surface area contributed by atoms with E-state index in [9.17, 15) is 9.90 Å². The Morgan fingerprint density at radius 3 is 2.94 bits per heavy atom. The molecule has 2 heterocycles. The normalized spacial score (nSPS) is 16.6. The number of piperidine rings is 1. The number of aromatic nitrogens is 1. The van der Waals surface area contributed by atoms with Crippen LogP contribution >= 0.6 is 0 Å². The maximum atomic E-state index is 11.5. The molecule has 0 amide bonds. The maximum Gasteiger partial charge on any atom is 0.335 e. The predicted molar refractivity (Wildman–Crippen MR) is 124 cm³/mol. The minimum atomic E-state index is -0.976. The Morgan fingerprint density at radius 1 is 1.34 bits per heavy atom. The summed E-state index contributed by atoms with van der Waals surface area (Å²) in [6.45, 7) is 3.86. The van der Waals surface area contributed by atoms with E-state index in [1.807, 2.05) is 12.3 Å². The van der Waals surface area contributed by atoms with Crippen LogP contribution in [0.3, 0.4) is 0 Å². The van der Waals surface area contributed by atoms with Crippen LogP contribution in [0.4, 0.5) is 5.69 Å². The van der Waals surface area contributed by atoms with Gasteiger partial charge in [0.1, 0.15) is 12.3 Å². The van der Waals surface area contributed by atoms with Crippen molar-refractivity contribution in [3.63, 3.8) is 0 Å². The molecule has 3 N–H and O–H groups in total. The van der Waals surface area contributed by atoms with E-state index in [1.165, 1.54) is 0 Å². The summed E-state index contributed by atoms with van der Waals surface area (Å²) in [4.78, 5) is 17.3. The highest BCUT2D eigenvalue weighted by Gasteiger charge is 2.28. The van der Waals surface area contributed by atoms with Gasteiger partial charge in [-0.3, -0.25) is 4.90 Å². The number of anilines is 1. The van der Waals surface area contributed by atoms with Crippen LogP contribution in [-0.4, -0.2) is 41.2 Å². The number of likely N-dealkylation sites (tertiary alicyclic amines) is 1. The number of aromatic amines is 1. The number of H-pyrrole nitrogens is 1. The number of methoxy groups -OCH3 is 1. The van der Waals surface area contributed by atoms with Crippen LogP contribution in [0.2, 0.25) is 0 Å². The minimum Gasteiger partial charge on any atom is -0.496 e. The smallest absolute Gasteiger partial charge is 0.335 e. The molecule has 0 bridgehead atoms. The number of ether oxygens (including phenoxy) is 1. The zero-order chi connectivity index (χ0) is 22.7. The third kappa shape index (κ3) is 4.14. The lowest BCUT2D eigenvalue weighted by Gasteiger charge is -2.37. The van der Waals surface area contributed by atoms with Gasteiger partial charge in [-0.05, 0) is 61.7 Å². The first kappa shape index (κ1) is 21.7. The Balaban J connectivity index is 1.73. The van der Waals surface area contributed by atoms with Gasteiger partial charge in [0, 0.05) is 40.9 Å². The first-order valence-electron chi connectivity index (χ1n) is 10.9. The van der Waals surface area contributed by atoms with E-state index >= 15 is 0 Å². The first-order chi connectivity index (χ1) is 15.5. The SMILES string of the molecule is COc1cc(C)c2[nH]ccc2c1CN1CCCCC1c1ccc(C(=O)O)cc1NCC#N. The fourth-order valence-corrected chi connectivity index (χ4v) is 4.78. The summed E-state index contributed by atoms with van der Waals surface area (Å²) in [7, 11) is 1.71. The van der Waals surface area contributed by atoms with Gasteiger partial charge in [0.25, 0.3) is 0 Å². The van der Waals surface area contributed by atoms with Crippen molar-refractivity contribution in [3.05, 3.63) is 58.8 Å². The summed E-state index contributed by atoms with van der Waals surface area (Å²) in [6.07, 6.45) is 5.14. The molecule has 1 aliphatic rings. The number of aromatic carboxylic acids is 1. The molecule has 1 unspecified atom stereocenters. The first-order valence-corrected chi connectivity index (χ1v) is 10.9. The van der Waals surface area contributed by atoms with E-state index in [-0.39, 0.29) is 18.2 Å². The fraction of sp³-hybridized carbons (Fsp3) is 0.360. The Bertz CT molecular complexity index is 1180. The third-order valence-corrected chi connectivity index (χ3v) is 6.32. The van der Waals surface area contributed by atoms with Crippen LogP contribution in [0, 0.1) is 18.3 Å². The second-order valence-electron chi connectivity index (χ2n) is 8.24. The lowest BCUT2D eigenvalue weighted by atomic mass is 9.92. The van der Waals surface area contributed by atoms with Crippen molar-refractivity contribution in [1.82, 2.24) is 9.88 Å². The quantitative estimate of drug-likeness (QED) is 0.462. The van der Waals surface area contributed by atoms with Crippen molar-refractivity contribution < 1.29 is 14.6 Å². The number of carboxylic acids is 1. The van der Waals surface area contributed by atoms with Gasteiger partial charge >= 0.3 is 5.97 Å². The van der Waals surface area contributed by atoms with Gasteiger partial charge in [-0.25, -0.2) is 4.79 Å². The molecule has 1 saturated heterocycles. The second kappa shape index (κ2) is 9.33. The van der Waals surface area contributed by atoms with E-state index < -0.39 is 5.97 Å². The molecule has 0 spiro atoms. The molecule has 7 heteroatoms. The van der Waals surface area contributed by atoms with Gasteiger partial charge in [0.15, 0.2) is 0 Å². The Hall–Kier alpha value is -3.50. The van der Waals surface area contributed by atoms with Crippen molar-refractivity contribution in [2.45, 2.75) is 38.8 Å². The van der Waals surface area contributed by atoms with Crippen LogP contribution in [-0.2, 0) is 6.54 Å². The summed E-state index contributed by atoms with van der Waals surface area (Å²) in [6, 6.07) is 11.6. The van der Waals surface area contributed by atoms with Crippen LogP contribution in [0.15, 0.2) is 36.5 Å². The Morgan fingerprint density at radius 2 is 2.19 bits per heavy atom. The second-order valence-corrected chi connectivity index (χ2v) is 8.24. The highest BCUT2D eigenvalue weighted by Crippen LogP contribution is 2.39. The molecule has 0 radical (unpaired) electrons. The van der Waals surface area contributed by atoms with E-state index in [0.29, 0.717) is 5.69 Å². The van der Waals surface area contributed by atoms with Gasteiger partial charge in [0.2, 0.25) is 0 Å². The summed E-state index contributed by atoms with van der Waals surface area (Å²) in [5.74, 6) is -0.0979. The summed E-state index contributed by atoms with van der Waals surface area (Å²) in [5.41, 5.74) is 5.37. The Kier molecular flexibility index (Phi) is 6.33. The molecular formula is C25H28N4O3. The molecule has 3 aromatic rings. The van der Waals surface area contributed by atoms with Crippen molar-refractivity contribution >= 4 is 22.6 Å². The number of nitriles is 1. The predicted octanol–water partition coefficient (Wildman–Crippen LogP) is 4.85. The molecule has 0 aliphatic carbocycles. The molecule has 1 atom stereocenters. The van der Waals surface area contributed by atoms with E-state index in [0.717, 1.165) is 65.7 Å². The van der Waals surface area contributed by atoms with Crippen LogP contribution in [0.25, 0.3) is 10.9 Å². The summed E-state index contributed by atoms with van der Waals surface area (Å²) in [5, 5.41) is 22.8. The van der Waals surface area contributed by atoms with E-state index in [2.05, 4.69) is 40.3 Å². The van der Waals surface area contributed by atoms with Crippen molar-refractivity contribution in [2.24, 2.45) is 0 Å². The lowest BCUT2D eigenvalue weighted by molar-refractivity contribution is 0.0697. The number of hydrogen-bond donors (Lipinski definition) is 3. The van der Waals surface area contributed by atoms with Crippen LogP contribution in [0.5, 0.6) is 5.75 Å². The average Bonchev–Trinajstić information content (AvgIpc) is 3.30. The van der Waals surface area contributed by atoms with Crippen molar-refractivity contribution in [1.29, 1.82) is 5.26 Å². The largest absolute Gasteiger partial charge is 0.496 e. The molecule has 32 heavy (non-hydrogen) atoms. The standard InChI is InChI=1S/C25H28N4O3/c1-16-13-23(32-2)20(18-8-10-28-24(16)18)15-29-12-4-3-5-22(29)19-7-6-17(25(30)31)14-21(19)27-11-9-26/h6-8,10,13-14,22,27-28H,3-5,11-12,15H2,1-2H3,(H,30,31). The zero-order valence-corrected chi connectivity index (χ0v) is 18.4. The number of aryl methyl sites for hydroxylation is 1. The number of benzene rings is 2. The van der Waals surface area contributed by atoms with Gasteiger partial charge in [-0.15, -0.1) is 0 Å². The molecule has 1 aromatic heterocycles. The minimum absolute atomic E-state index is 0.118. The van der Waals surface area contributed by atoms with Crippen molar-refractivity contribution in [3.8, 4) is 11.8 Å². The highest BCUT2D eigenvalue weighted by atomic mass is 16.5. The number of hydrogen-bond acceptors (Lipinski definition) is 5. The zero-order valence-electron chi connectivity index (χ0n) is 18.4. The van der Waals surface area contributed by atoms with Crippen LogP contribution < -0.4 is 10.1 Å². The number of fused-ring (bicyclic) bond motifs is 1. The topological polar surface area (TPSA) is 101 Å². The van der Waals surface area contributed by atoms with E-state index in [4.69, 9.17) is 10.00 Å². The summed E-state index contributed by atoms with van der Waals surface area (Å²) >= 11 is 0. The molecular weight excluding hydrogens is 404 g/mol. The molecule has 2 aromatic carbocycles. The molecule has 4 rings (SSSR count). The van der Waals surface area contributed by atoms with Gasteiger partial charge in [-0.1, -0.05) is 12.5 Å². The number of nitrogens with one attached hydrogen (secondary N) is 2. The molecule has 1 aliphatic heterocycles. The number of rotatable bonds is 7. The molecule has 0 saturated carbocycles. The third-order valence-electron chi connectivity index (χ3n) is 6.32. The monoisotopic (exact) mass is 432 g/mol. The average molecular weight is 433 g/mol. The van der Waals surface area contributed by atoms with Crippen LogP contribution in [0.1, 0.15) is 52.4 Å². The molecule has 1 fully saturated rings. The molecule has 166 valence electrons. The molecule has 7 nitrogen and oxygen atoms in total. The van der Waals surface area contributed by atoms with Crippen molar-refractivity contribution in [2.75, 3.05) is 25.5 Å². The van der Waals surface area contributed by atoms with Gasteiger partial charge in [-0.2, -0.15) is 5.26 Å². The number of carbonyl (C=O) groups is 1. The van der Waals surface area contributed by atoms with Gasteiger partial charge < -0.3 is 20.1 Å². The van der Waals surface area contributed by atoms with Gasteiger partial charge in [0.05, 0.1) is 18.7 Å². The Labute approximate surface area is 187 Å². The maximum absolute atomic E-state index is 11.5. The fourth-order valence-electron chi connectivity index (χ4n) is 4.78. The summed E-state index contributed by atoms with van der Waals surface area (Å²) < 4.78 is 5.75. The number of nitrogens with zero attached hydrogens (tertiary/aromatic N) is 2. The van der Waals surface area contributed by atoms with E-state index in [1.54, 1.807) is 19.2 Å². The number of carboxylic acid groups (broad SMARTS) is 1. The lowest BCUT2D eigenvalue weighted by Crippen LogP contribution is -2.33.